The van der Waals surface area contributed by atoms with E-state index in [4.69, 9.17) is 5.26 Å². The van der Waals surface area contributed by atoms with Gasteiger partial charge < -0.3 is 5.32 Å². The van der Waals surface area contributed by atoms with E-state index in [0.717, 1.165) is 16.1 Å². The van der Waals surface area contributed by atoms with Crippen LogP contribution < -0.4 is 5.32 Å². The van der Waals surface area contributed by atoms with Gasteiger partial charge in [0.25, 0.3) is 0 Å². The van der Waals surface area contributed by atoms with Crippen molar-refractivity contribution in [3.8, 4) is 6.07 Å². The minimum absolute atomic E-state index is 0.00354. The molecule has 2 aromatic heterocycles. The molecular weight excluding hydrogens is 314 g/mol. The fourth-order valence-electron chi connectivity index (χ4n) is 1.94. The summed E-state index contributed by atoms with van der Waals surface area (Å²) in [6, 6.07) is 11.2. The molecule has 0 amide bonds. The number of thiazole rings is 1. The van der Waals surface area contributed by atoms with E-state index in [1.807, 2.05) is 24.4 Å². The number of nitrogens with one attached hydrogen (secondary N) is 1. The third-order valence-electron chi connectivity index (χ3n) is 3.04. The molecule has 0 fully saturated rings. The quantitative estimate of drug-likeness (QED) is 0.724. The zero-order chi connectivity index (χ0) is 15.5. The van der Waals surface area contributed by atoms with Crippen molar-refractivity contribution in [2.24, 2.45) is 0 Å². The SMILES string of the molecule is Cc1ccsc1C(=O)c1cnc(Nc2cccc(C#N)c2)s1. The molecule has 0 unspecified atom stereocenters. The topological polar surface area (TPSA) is 65.8 Å². The number of anilines is 2. The molecular formula is C16H11N3OS2. The second-order valence-corrected chi connectivity index (χ2v) is 6.56. The lowest BCUT2D eigenvalue weighted by molar-refractivity contribution is 0.104. The maximum atomic E-state index is 12.4. The first-order valence-corrected chi connectivity index (χ1v) is 8.19. The lowest BCUT2D eigenvalue weighted by atomic mass is 10.2. The molecule has 3 aromatic rings. The highest BCUT2D eigenvalue weighted by atomic mass is 32.1. The summed E-state index contributed by atoms with van der Waals surface area (Å²) in [5, 5.41) is 14.6. The van der Waals surface area contributed by atoms with Crippen LogP contribution in [0.15, 0.2) is 41.9 Å². The van der Waals surface area contributed by atoms with Crippen LogP contribution in [0.4, 0.5) is 10.8 Å². The average Bonchev–Trinajstić information content (AvgIpc) is 3.16. The summed E-state index contributed by atoms with van der Waals surface area (Å²) in [7, 11) is 0. The predicted molar refractivity (Wildman–Crippen MR) is 89.0 cm³/mol. The molecule has 1 aromatic carbocycles. The zero-order valence-corrected chi connectivity index (χ0v) is 13.3. The van der Waals surface area contributed by atoms with Crippen molar-refractivity contribution in [2.45, 2.75) is 6.92 Å². The summed E-state index contributed by atoms with van der Waals surface area (Å²) < 4.78 is 0. The number of rotatable bonds is 4. The van der Waals surface area contributed by atoms with Crippen LogP contribution in [0.2, 0.25) is 0 Å². The molecule has 0 saturated carbocycles. The van der Waals surface area contributed by atoms with E-state index in [2.05, 4.69) is 16.4 Å². The van der Waals surface area contributed by atoms with Crippen LogP contribution in [0.1, 0.15) is 25.7 Å². The molecule has 0 aliphatic carbocycles. The molecule has 0 saturated heterocycles. The number of hydrogen-bond acceptors (Lipinski definition) is 6. The van der Waals surface area contributed by atoms with Gasteiger partial charge in [0.2, 0.25) is 5.78 Å². The number of aromatic nitrogens is 1. The van der Waals surface area contributed by atoms with Gasteiger partial charge in [0.05, 0.1) is 27.6 Å². The number of nitriles is 1. The summed E-state index contributed by atoms with van der Waals surface area (Å²) in [6.45, 7) is 1.93. The lowest BCUT2D eigenvalue weighted by Gasteiger charge is -2.01. The summed E-state index contributed by atoms with van der Waals surface area (Å²) in [5.41, 5.74) is 2.34. The molecule has 0 radical (unpaired) electrons. The van der Waals surface area contributed by atoms with Gasteiger partial charge in [0, 0.05) is 5.69 Å². The summed E-state index contributed by atoms with van der Waals surface area (Å²) in [4.78, 5) is 18.0. The van der Waals surface area contributed by atoms with Crippen molar-refractivity contribution in [1.29, 1.82) is 5.26 Å². The largest absolute Gasteiger partial charge is 0.331 e. The van der Waals surface area contributed by atoms with Gasteiger partial charge in [-0.3, -0.25) is 4.79 Å². The molecule has 22 heavy (non-hydrogen) atoms. The number of ketones is 1. The smallest absolute Gasteiger partial charge is 0.214 e. The Morgan fingerprint density at radius 1 is 1.36 bits per heavy atom. The van der Waals surface area contributed by atoms with Gasteiger partial charge in [-0.25, -0.2) is 4.98 Å². The molecule has 0 aliphatic rings. The van der Waals surface area contributed by atoms with Crippen LogP contribution in [-0.4, -0.2) is 10.8 Å². The Morgan fingerprint density at radius 2 is 2.23 bits per heavy atom. The van der Waals surface area contributed by atoms with Crippen molar-refractivity contribution < 1.29 is 4.79 Å². The second kappa shape index (κ2) is 6.10. The zero-order valence-electron chi connectivity index (χ0n) is 11.7. The van der Waals surface area contributed by atoms with E-state index >= 15 is 0 Å². The fourth-order valence-corrected chi connectivity index (χ4v) is 3.67. The Morgan fingerprint density at radius 3 is 2.95 bits per heavy atom. The normalized spacial score (nSPS) is 10.2. The molecule has 0 bridgehead atoms. The fraction of sp³-hybridized carbons (Fsp3) is 0.0625. The first-order valence-electron chi connectivity index (χ1n) is 6.49. The number of carbonyl (C=O) groups excluding carboxylic acids is 1. The first kappa shape index (κ1) is 14.4. The van der Waals surface area contributed by atoms with Gasteiger partial charge in [-0.15, -0.1) is 11.3 Å². The second-order valence-electron chi connectivity index (χ2n) is 4.61. The number of hydrogen-bond donors (Lipinski definition) is 1. The van der Waals surface area contributed by atoms with Gasteiger partial charge in [-0.1, -0.05) is 17.4 Å². The monoisotopic (exact) mass is 325 g/mol. The summed E-state index contributed by atoms with van der Waals surface area (Å²) in [6.07, 6.45) is 1.59. The van der Waals surface area contributed by atoms with E-state index in [-0.39, 0.29) is 5.78 Å². The maximum absolute atomic E-state index is 12.4. The minimum atomic E-state index is 0.00354. The molecule has 0 atom stereocenters. The standard InChI is InChI=1S/C16H11N3OS2/c1-10-5-6-21-15(10)14(20)13-9-18-16(22-13)19-12-4-2-3-11(7-12)8-17/h2-7,9H,1H3,(H,18,19). The third kappa shape index (κ3) is 2.91. The Hall–Kier alpha value is -2.49. The molecule has 2 heterocycles. The van der Waals surface area contributed by atoms with Crippen molar-refractivity contribution >= 4 is 39.3 Å². The van der Waals surface area contributed by atoms with Crippen LogP contribution in [0.25, 0.3) is 0 Å². The van der Waals surface area contributed by atoms with Crippen LogP contribution in [-0.2, 0) is 0 Å². The van der Waals surface area contributed by atoms with Crippen LogP contribution >= 0.6 is 22.7 Å². The first-order chi connectivity index (χ1) is 10.7. The molecule has 0 spiro atoms. The Bertz CT molecular complexity index is 873. The summed E-state index contributed by atoms with van der Waals surface area (Å²) in [5.74, 6) is 0.00354. The molecule has 0 aliphatic heterocycles. The van der Waals surface area contributed by atoms with E-state index in [1.165, 1.54) is 22.7 Å². The number of nitrogens with zero attached hydrogens (tertiary/aromatic N) is 2. The third-order valence-corrected chi connectivity index (χ3v) is 4.97. The van der Waals surface area contributed by atoms with Gasteiger partial charge in [0.15, 0.2) is 5.13 Å². The molecule has 108 valence electrons. The van der Waals surface area contributed by atoms with Crippen LogP contribution in [0, 0.1) is 18.3 Å². The number of aryl methyl sites for hydroxylation is 1. The van der Waals surface area contributed by atoms with Crippen LogP contribution in [0.3, 0.4) is 0 Å². The van der Waals surface area contributed by atoms with E-state index in [0.29, 0.717) is 15.6 Å². The van der Waals surface area contributed by atoms with Gasteiger partial charge >= 0.3 is 0 Å². The highest BCUT2D eigenvalue weighted by Crippen LogP contribution is 2.27. The average molecular weight is 325 g/mol. The van der Waals surface area contributed by atoms with Gasteiger partial charge in [0.1, 0.15) is 0 Å². The molecule has 1 N–H and O–H groups in total. The van der Waals surface area contributed by atoms with Crippen LogP contribution in [0.5, 0.6) is 0 Å². The van der Waals surface area contributed by atoms with E-state index in [9.17, 15) is 4.79 Å². The Kier molecular flexibility index (Phi) is 4.00. The molecule has 4 nitrogen and oxygen atoms in total. The lowest BCUT2D eigenvalue weighted by Crippen LogP contribution is -1.96. The highest BCUT2D eigenvalue weighted by Gasteiger charge is 2.16. The van der Waals surface area contributed by atoms with Gasteiger partial charge in [-0.05, 0) is 42.1 Å². The molecule has 3 rings (SSSR count). The van der Waals surface area contributed by atoms with Gasteiger partial charge in [-0.2, -0.15) is 5.26 Å². The van der Waals surface area contributed by atoms with E-state index in [1.54, 1.807) is 24.4 Å². The number of thiophene rings is 1. The maximum Gasteiger partial charge on any atom is 0.214 e. The minimum Gasteiger partial charge on any atom is -0.331 e. The highest BCUT2D eigenvalue weighted by molar-refractivity contribution is 7.19. The number of benzene rings is 1. The predicted octanol–water partition coefficient (Wildman–Crippen LogP) is 4.36. The van der Waals surface area contributed by atoms with Crippen molar-refractivity contribution in [3.05, 3.63) is 62.8 Å². The molecule has 6 heteroatoms. The van der Waals surface area contributed by atoms with Crippen molar-refractivity contribution in [1.82, 2.24) is 4.98 Å². The Labute approximate surface area is 135 Å². The van der Waals surface area contributed by atoms with E-state index < -0.39 is 0 Å². The van der Waals surface area contributed by atoms with Crippen molar-refractivity contribution in [3.63, 3.8) is 0 Å². The van der Waals surface area contributed by atoms with Crippen molar-refractivity contribution in [2.75, 3.05) is 5.32 Å². The Balaban J connectivity index is 1.81. The summed E-state index contributed by atoms with van der Waals surface area (Å²) >= 11 is 2.75. The number of carbonyl (C=O) groups is 1.